The molecule has 0 bridgehead atoms. The molecule has 2 nitrogen and oxygen atoms in total. The van der Waals surface area contributed by atoms with E-state index in [0.29, 0.717) is 5.12 Å². The van der Waals surface area contributed by atoms with Crippen molar-refractivity contribution in [1.29, 1.82) is 0 Å². The third-order valence-electron chi connectivity index (χ3n) is 2.32. The molecule has 0 radical (unpaired) electrons. The SMILES string of the molecule is CCCCS(C)(C(C)=O)N(C)C. The Morgan fingerprint density at radius 3 is 2.17 bits per heavy atom. The van der Waals surface area contributed by atoms with Crippen LogP contribution in [-0.2, 0) is 4.79 Å². The van der Waals surface area contributed by atoms with Crippen molar-refractivity contribution >= 4 is 15.3 Å². The summed E-state index contributed by atoms with van der Waals surface area (Å²) in [6.07, 6.45) is 4.43. The number of carbonyl (C=O) groups is 1. The van der Waals surface area contributed by atoms with E-state index in [9.17, 15) is 4.79 Å². The van der Waals surface area contributed by atoms with Gasteiger partial charge in [-0.25, -0.2) is 0 Å². The fraction of sp³-hybridized carbons (Fsp3) is 0.889. The molecule has 0 aliphatic heterocycles. The predicted octanol–water partition coefficient (Wildman–Crippen LogP) is 2.24. The van der Waals surface area contributed by atoms with E-state index in [0.717, 1.165) is 12.2 Å². The average Bonchev–Trinajstić information content (AvgIpc) is 1.99. The molecule has 0 aromatic rings. The molecule has 0 aromatic heterocycles. The van der Waals surface area contributed by atoms with Crippen molar-refractivity contribution in [2.24, 2.45) is 0 Å². The number of unbranched alkanes of at least 4 members (excludes halogenated alkanes) is 1. The molecule has 0 spiro atoms. The molecular formula is C9H21NOS. The summed E-state index contributed by atoms with van der Waals surface area (Å²) in [6.45, 7) is 3.88. The van der Waals surface area contributed by atoms with Crippen LogP contribution in [0.4, 0.5) is 0 Å². The summed E-state index contributed by atoms with van der Waals surface area (Å²) in [5.41, 5.74) is 0. The van der Waals surface area contributed by atoms with Gasteiger partial charge in [0.1, 0.15) is 0 Å². The molecule has 0 N–H and O–H groups in total. The summed E-state index contributed by atoms with van der Waals surface area (Å²) in [5, 5.41) is 0.348. The summed E-state index contributed by atoms with van der Waals surface area (Å²) >= 11 is 0. The number of nitrogens with zero attached hydrogens (tertiary/aromatic N) is 1. The Labute approximate surface area is 77.8 Å². The van der Waals surface area contributed by atoms with Crippen LogP contribution in [0.1, 0.15) is 26.7 Å². The van der Waals surface area contributed by atoms with Crippen LogP contribution >= 0.6 is 10.2 Å². The molecule has 0 amide bonds. The van der Waals surface area contributed by atoms with Crippen LogP contribution in [0.15, 0.2) is 0 Å². The molecule has 0 saturated heterocycles. The highest BCUT2D eigenvalue weighted by Gasteiger charge is 2.24. The lowest BCUT2D eigenvalue weighted by Crippen LogP contribution is -2.26. The van der Waals surface area contributed by atoms with Gasteiger partial charge < -0.3 is 0 Å². The molecule has 0 heterocycles. The first-order valence-electron chi connectivity index (χ1n) is 4.39. The quantitative estimate of drug-likeness (QED) is 0.679. The van der Waals surface area contributed by atoms with Crippen LogP contribution < -0.4 is 0 Å². The van der Waals surface area contributed by atoms with Gasteiger partial charge in [-0.2, -0.15) is 0 Å². The van der Waals surface area contributed by atoms with Gasteiger partial charge in [0, 0.05) is 6.92 Å². The van der Waals surface area contributed by atoms with E-state index < -0.39 is 10.2 Å². The van der Waals surface area contributed by atoms with Crippen molar-refractivity contribution in [3.8, 4) is 0 Å². The molecule has 12 heavy (non-hydrogen) atoms. The Morgan fingerprint density at radius 2 is 1.92 bits per heavy atom. The van der Waals surface area contributed by atoms with Gasteiger partial charge in [-0.05, 0) is 32.5 Å². The molecule has 0 aliphatic rings. The van der Waals surface area contributed by atoms with Gasteiger partial charge in [-0.1, -0.05) is 13.3 Å². The Bertz CT molecular complexity index is 159. The first kappa shape index (κ1) is 12.0. The van der Waals surface area contributed by atoms with Gasteiger partial charge in [0.05, 0.1) is 0 Å². The van der Waals surface area contributed by atoms with E-state index in [1.807, 2.05) is 14.1 Å². The largest absolute Gasteiger partial charge is 0.288 e. The van der Waals surface area contributed by atoms with Crippen LogP contribution in [0.3, 0.4) is 0 Å². The van der Waals surface area contributed by atoms with Crippen molar-refractivity contribution in [3.05, 3.63) is 0 Å². The summed E-state index contributed by atoms with van der Waals surface area (Å²) in [4.78, 5) is 11.4. The molecule has 1 unspecified atom stereocenters. The van der Waals surface area contributed by atoms with Crippen molar-refractivity contribution in [2.45, 2.75) is 26.7 Å². The Hall–Kier alpha value is -0.0200. The minimum atomic E-state index is -1.14. The van der Waals surface area contributed by atoms with Gasteiger partial charge in [0.2, 0.25) is 0 Å². The van der Waals surface area contributed by atoms with Gasteiger partial charge in [-0.15, -0.1) is 10.2 Å². The fourth-order valence-electron chi connectivity index (χ4n) is 1.01. The monoisotopic (exact) mass is 191 g/mol. The number of rotatable bonds is 4. The zero-order valence-corrected chi connectivity index (χ0v) is 9.70. The Kier molecular flexibility index (Phi) is 4.87. The van der Waals surface area contributed by atoms with E-state index in [2.05, 4.69) is 17.5 Å². The first-order chi connectivity index (χ1) is 5.45. The predicted molar refractivity (Wildman–Crippen MR) is 57.7 cm³/mol. The molecule has 0 rings (SSSR count). The molecule has 3 heteroatoms. The van der Waals surface area contributed by atoms with Crippen LogP contribution in [0.25, 0.3) is 0 Å². The maximum absolute atomic E-state index is 11.4. The third-order valence-corrected chi connectivity index (χ3v) is 6.25. The minimum absolute atomic E-state index is 0.348. The fourth-order valence-corrected chi connectivity index (χ4v) is 3.03. The van der Waals surface area contributed by atoms with E-state index in [4.69, 9.17) is 0 Å². The molecule has 0 fully saturated rings. The molecule has 0 saturated carbocycles. The van der Waals surface area contributed by atoms with Gasteiger partial charge in [0.25, 0.3) is 0 Å². The van der Waals surface area contributed by atoms with Crippen LogP contribution in [-0.4, -0.2) is 35.5 Å². The van der Waals surface area contributed by atoms with E-state index >= 15 is 0 Å². The lowest BCUT2D eigenvalue weighted by molar-refractivity contribution is -0.109. The maximum atomic E-state index is 11.4. The second kappa shape index (κ2) is 4.87. The molecule has 74 valence electrons. The molecular weight excluding hydrogens is 170 g/mol. The highest BCUT2D eigenvalue weighted by atomic mass is 32.3. The zero-order chi connectivity index (χ0) is 9.78. The molecule has 0 aromatic carbocycles. The second-order valence-corrected chi connectivity index (χ2v) is 7.20. The van der Waals surface area contributed by atoms with Crippen molar-refractivity contribution in [3.63, 3.8) is 0 Å². The lowest BCUT2D eigenvalue weighted by Gasteiger charge is -2.39. The summed E-state index contributed by atoms with van der Waals surface area (Å²) in [5.74, 6) is 1.05. The average molecular weight is 191 g/mol. The van der Waals surface area contributed by atoms with E-state index in [-0.39, 0.29) is 0 Å². The molecule has 0 aliphatic carbocycles. The van der Waals surface area contributed by atoms with Crippen LogP contribution in [0.2, 0.25) is 0 Å². The Morgan fingerprint density at radius 1 is 1.42 bits per heavy atom. The summed E-state index contributed by atoms with van der Waals surface area (Å²) in [7, 11) is 2.87. The summed E-state index contributed by atoms with van der Waals surface area (Å²) in [6, 6.07) is 0. The lowest BCUT2D eigenvalue weighted by atomic mass is 10.4. The topological polar surface area (TPSA) is 20.3 Å². The van der Waals surface area contributed by atoms with E-state index in [1.54, 1.807) is 6.92 Å². The maximum Gasteiger partial charge on any atom is 0.180 e. The standard InChI is InChI=1S/C9H21NOS/c1-6-7-8-12(5,9(2)11)10(3)4/h6-8H2,1-5H3. The highest BCUT2D eigenvalue weighted by molar-refractivity contribution is 8.42. The van der Waals surface area contributed by atoms with Gasteiger partial charge >= 0.3 is 0 Å². The van der Waals surface area contributed by atoms with Gasteiger partial charge in [0.15, 0.2) is 5.12 Å². The number of carbonyl (C=O) groups excluding carboxylic acids is 1. The smallest absolute Gasteiger partial charge is 0.180 e. The highest BCUT2D eigenvalue weighted by Crippen LogP contribution is 2.47. The van der Waals surface area contributed by atoms with Crippen molar-refractivity contribution in [2.75, 3.05) is 26.1 Å². The van der Waals surface area contributed by atoms with Crippen LogP contribution in [0.5, 0.6) is 0 Å². The first-order valence-corrected chi connectivity index (χ1v) is 6.56. The third kappa shape index (κ3) is 2.79. The molecule has 1 atom stereocenters. The number of hydrogen-bond acceptors (Lipinski definition) is 2. The van der Waals surface area contributed by atoms with E-state index in [1.165, 1.54) is 6.42 Å². The zero-order valence-electron chi connectivity index (χ0n) is 8.89. The minimum Gasteiger partial charge on any atom is -0.288 e. The van der Waals surface area contributed by atoms with Crippen molar-refractivity contribution < 1.29 is 4.79 Å². The Balaban J connectivity index is 4.29. The van der Waals surface area contributed by atoms with Crippen LogP contribution in [0, 0.1) is 0 Å². The van der Waals surface area contributed by atoms with Crippen molar-refractivity contribution in [1.82, 2.24) is 4.31 Å². The van der Waals surface area contributed by atoms with Gasteiger partial charge in [-0.3, -0.25) is 9.10 Å². The second-order valence-electron chi connectivity index (χ2n) is 3.40. The normalized spacial score (nSPS) is 18.8. The number of hydrogen-bond donors (Lipinski definition) is 0. The summed E-state index contributed by atoms with van der Waals surface area (Å²) < 4.78 is 2.10.